The smallest absolute Gasteiger partial charge is 0.274 e. The van der Waals surface area contributed by atoms with Crippen LogP contribution in [0.5, 0.6) is 0 Å². The van der Waals surface area contributed by atoms with Gasteiger partial charge >= 0.3 is 29.9 Å². The molecular formula is C16H5F10N5O5S. The standard InChI is InChI=1S/C16H5F10N5O5S/c1-5(32)29(9-7(30(33)34)2-6(4-27)3-8(9)31(35)36)12-28-13(15(21,22)23,16(24,25)26)11(37-12)10(17)14(18,19)20/h2-3H,1H3. The third-order valence-corrected chi connectivity index (χ3v) is 5.51. The third kappa shape index (κ3) is 4.87. The van der Waals surface area contributed by atoms with E-state index in [0.29, 0.717) is 6.92 Å². The minimum Gasteiger partial charge on any atom is -0.274 e. The molecule has 0 fully saturated rings. The average Bonchev–Trinajstić information content (AvgIpc) is 3.13. The summed E-state index contributed by atoms with van der Waals surface area (Å²) in [5.41, 5.74) is -11.6. The van der Waals surface area contributed by atoms with Crippen LogP contribution in [0.2, 0.25) is 0 Å². The highest BCUT2D eigenvalue weighted by Crippen LogP contribution is 2.60. The molecule has 0 saturated heterocycles. The number of halogens is 10. The highest BCUT2D eigenvalue weighted by Gasteiger charge is 2.78. The number of nitro benzene ring substituents is 2. The van der Waals surface area contributed by atoms with Crippen LogP contribution in [0.3, 0.4) is 0 Å². The Hall–Kier alpha value is -3.96. The van der Waals surface area contributed by atoms with E-state index in [-0.39, 0.29) is 12.1 Å². The van der Waals surface area contributed by atoms with Crippen LogP contribution in [0, 0.1) is 31.6 Å². The topological polar surface area (TPSA) is 143 Å². The number of hydrogen-bond acceptors (Lipinski definition) is 8. The molecule has 1 aliphatic heterocycles. The van der Waals surface area contributed by atoms with Gasteiger partial charge in [-0.1, -0.05) is 0 Å². The highest BCUT2D eigenvalue weighted by atomic mass is 32.2. The number of anilines is 1. The number of aliphatic imine (C=N–C) groups is 1. The molecule has 1 aliphatic rings. The fraction of sp³-hybridized carbons (Fsp3) is 0.312. The molecule has 0 aromatic heterocycles. The van der Waals surface area contributed by atoms with Crippen molar-refractivity contribution in [3.63, 3.8) is 0 Å². The van der Waals surface area contributed by atoms with Crippen molar-refractivity contribution in [2.45, 2.75) is 31.0 Å². The third-order valence-electron chi connectivity index (χ3n) is 4.38. The van der Waals surface area contributed by atoms with Crippen molar-refractivity contribution >= 4 is 39.9 Å². The first-order valence-electron chi connectivity index (χ1n) is 8.68. The molecule has 0 aliphatic carbocycles. The predicted octanol–water partition coefficient (Wildman–Crippen LogP) is 5.44. The van der Waals surface area contributed by atoms with Crippen LogP contribution in [0.1, 0.15) is 12.5 Å². The zero-order valence-electron chi connectivity index (χ0n) is 17.1. The van der Waals surface area contributed by atoms with E-state index in [4.69, 9.17) is 5.26 Å². The van der Waals surface area contributed by atoms with Gasteiger partial charge in [-0.05, 0) is 11.8 Å². The van der Waals surface area contributed by atoms with Crippen molar-refractivity contribution in [1.82, 2.24) is 0 Å². The molecule has 0 spiro atoms. The lowest BCUT2D eigenvalue weighted by atomic mass is 9.97. The monoisotopic (exact) mass is 569 g/mol. The first kappa shape index (κ1) is 29.3. The van der Waals surface area contributed by atoms with Crippen molar-refractivity contribution < 1.29 is 58.5 Å². The summed E-state index contributed by atoms with van der Waals surface area (Å²) in [6, 6.07) is 1.73. The number of carbonyl (C=O) groups excluding carboxylic acids is 1. The molecule has 0 N–H and O–H groups in total. The summed E-state index contributed by atoms with van der Waals surface area (Å²) in [5, 5.41) is 29.8. The zero-order valence-corrected chi connectivity index (χ0v) is 17.9. The summed E-state index contributed by atoms with van der Waals surface area (Å²) in [5.74, 6) is -5.72. The molecule has 200 valence electrons. The Bertz CT molecular complexity index is 1250. The Kier molecular flexibility index (Phi) is 7.25. The minimum atomic E-state index is -6.83. The van der Waals surface area contributed by atoms with Gasteiger partial charge in [-0.25, -0.2) is 14.3 Å². The van der Waals surface area contributed by atoms with Crippen LogP contribution in [0.4, 0.5) is 61.0 Å². The fourth-order valence-electron chi connectivity index (χ4n) is 2.92. The van der Waals surface area contributed by atoms with Crippen molar-refractivity contribution in [3.8, 4) is 6.07 Å². The molecule has 1 amide bonds. The van der Waals surface area contributed by atoms with Crippen LogP contribution in [0.15, 0.2) is 27.9 Å². The van der Waals surface area contributed by atoms with E-state index in [1.165, 1.54) is 6.07 Å². The molecule has 2 rings (SSSR count). The van der Waals surface area contributed by atoms with Crippen LogP contribution >= 0.6 is 11.8 Å². The van der Waals surface area contributed by atoms with Gasteiger partial charge in [-0.15, -0.1) is 0 Å². The van der Waals surface area contributed by atoms with E-state index in [9.17, 15) is 68.9 Å². The number of amidine groups is 1. The lowest BCUT2D eigenvalue weighted by molar-refractivity contribution is -0.392. The quantitative estimate of drug-likeness (QED) is 0.268. The van der Waals surface area contributed by atoms with E-state index in [2.05, 4.69) is 4.99 Å². The van der Waals surface area contributed by atoms with Crippen LogP contribution in [-0.4, -0.2) is 45.0 Å². The van der Waals surface area contributed by atoms with Gasteiger partial charge in [0.05, 0.1) is 26.4 Å². The van der Waals surface area contributed by atoms with Crippen LogP contribution in [0.25, 0.3) is 0 Å². The van der Waals surface area contributed by atoms with E-state index in [1.54, 1.807) is 0 Å². The Balaban J connectivity index is 3.12. The zero-order chi connectivity index (χ0) is 28.9. The molecule has 0 radical (unpaired) electrons. The van der Waals surface area contributed by atoms with Crippen molar-refractivity contribution in [2.75, 3.05) is 4.90 Å². The van der Waals surface area contributed by atoms with Gasteiger partial charge < -0.3 is 0 Å². The van der Waals surface area contributed by atoms with Crippen molar-refractivity contribution in [3.05, 3.63) is 48.7 Å². The van der Waals surface area contributed by atoms with Gasteiger partial charge in [0, 0.05) is 19.1 Å². The molecule has 37 heavy (non-hydrogen) atoms. The summed E-state index contributed by atoms with van der Waals surface area (Å²) in [4.78, 5) is 30.6. The fourth-order valence-corrected chi connectivity index (χ4v) is 4.23. The van der Waals surface area contributed by atoms with Crippen LogP contribution < -0.4 is 4.90 Å². The molecule has 1 heterocycles. The van der Waals surface area contributed by atoms with Gasteiger partial charge in [0.2, 0.25) is 17.4 Å². The van der Waals surface area contributed by atoms with Crippen molar-refractivity contribution in [2.24, 2.45) is 4.99 Å². The first-order valence-corrected chi connectivity index (χ1v) is 9.49. The SMILES string of the molecule is CC(=O)N(C1=NC(C(F)(F)F)(C(F)(F)F)C(=C(F)C(F)(F)F)S1)c1c([N+](=O)[O-])cc(C#N)cc1[N+](=O)[O-]. The number of carbonyl (C=O) groups is 1. The highest BCUT2D eigenvalue weighted by molar-refractivity contribution is 8.18. The number of amides is 1. The summed E-state index contributed by atoms with van der Waals surface area (Å²) >= 11 is -1.32. The Labute approximate surface area is 200 Å². The molecule has 10 nitrogen and oxygen atoms in total. The molecular weight excluding hydrogens is 564 g/mol. The molecule has 0 atom stereocenters. The summed E-state index contributed by atoms with van der Waals surface area (Å²) in [6.07, 6.45) is -20.1. The second kappa shape index (κ2) is 9.16. The predicted molar refractivity (Wildman–Crippen MR) is 102 cm³/mol. The number of benzene rings is 1. The Morgan fingerprint density at radius 1 is 1.03 bits per heavy atom. The largest absolute Gasteiger partial charge is 0.443 e. The van der Waals surface area contributed by atoms with Crippen LogP contribution in [-0.2, 0) is 4.79 Å². The molecule has 1 aromatic rings. The molecule has 0 bridgehead atoms. The molecule has 21 heteroatoms. The lowest BCUT2D eigenvalue weighted by Gasteiger charge is -2.31. The number of allylic oxidation sites excluding steroid dienone is 1. The van der Waals surface area contributed by atoms with E-state index in [0.717, 1.165) is 0 Å². The van der Waals surface area contributed by atoms with Gasteiger partial charge in [0.15, 0.2) is 5.17 Å². The Morgan fingerprint density at radius 3 is 1.76 bits per heavy atom. The minimum absolute atomic E-state index is 0.242. The van der Waals surface area contributed by atoms with E-state index >= 15 is 0 Å². The molecule has 0 unspecified atom stereocenters. The van der Waals surface area contributed by atoms with Gasteiger partial charge in [-0.2, -0.15) is 44.8 Å². The van der Waals surface area contributed by atoms with Gasteiger partial charge in [0.25, 0.3) is 5.54 Å². The van der Waals surface area contributed by atoms with E-state index < -0.39 is 95.0 Å². The number of nitriles is 1. The summed E-state index contributed by atoms with van der Waals surface area (Å²) in [7, 11) is 0. The second-order valence-corrected chi connectivity index (χ2v) is 7.66. The number of nitrogens with zero attached hydrogens (tertiary/aromatic N) is 5. The average molecular weight is 569 g/mol. The number of nitro groups is 2. The maximum atomic E-state index is 14.0. The second-order valence-electron chi connectivity index (χ2n) is 6.69. The summed E-state index contributed by atoms with van der Waals surface area (Å²) < 4.78 is 135. The molecule has 1 aromatic carbocycles. The molecule has 0 saturated carbocycles. The van der Waals surface area contributed by atoms with Crippen molar-refractivity contribution in [1.29, 1.82) is 5.26 Å². The lowest BCUT2D eigenvalue weighted by Crippen LogP contribution is -2.55. The number of thioether (sulfide) groups is 1. The maximum Gasteiger partial charge on any atom is 0.443 e. The van der Waals surface area contributed by atoms with E-state index in [1.807, 2.05) is 0 Å². The number of hydrogen-bond donors (Lipinski definition) is 0. The maximum absolute atomic E-state index is 14.0. The first-order chi connectivity index (χ1) is 16.6. The summed E-state index contributed by atoms with van der Waals surface area (Å²) in [6.45, 7) is 0.305. The Morgan fingerprint density at radius 2 is 1.46 bits per heavy atom. The van der Waals surface area contributed by atoms with Gasteiger partial charge in [-0.3, -0.25) is 25.0 Å². The number of alkyl halides is 9. The normalized spacial score (nSPS) is 17.1. The number of rotatable bonds is 3. The van der Waals surface area contributed by atoms with Gasteiger partial charge in [0.1, 0.15) is 0 Å².